The van der Waals surface area contributed by atoms with Crippen molar-refractivity contribution in [3.05, 3.63) is 21.9 Å². The number of aryl methyl sites for hydroxylation is 1. The average molecular weight is 253 g/mol. The molecule has 0 aliphatic carbocycles. The normalized spacial score (nSPS) is 13.2. The summed E-state index contributed by atoms with van der Waals surface area (Å²) < 4.78 is 0. The van der Waals surface area contributed by atoms with Crippen LogP contribution in [0.5, 0.6) is 0 Å². The first-order chi connectivity index (χ1) is 8.24. The van der Waals surface area contributed by atoms with Gasteiger partial charge >= 0.3 is 0 Å². The zero-order valence-electron chi connectivity index (χ0n) is 11.8. The highest BCUT2D eigenvalue weighted by Gasteiger charge is 2.18. The average Bonchev–Trinajstić information content (AvgIpc) is 2.78. The van der Waals surface area contributed by atoms with Gasteiger partial charge in [0.05, 0.1) is 0 Å². The van der Waals surface area contributed by atoms with E-state index in [0.29, 0.717) is 6.04 Å². The highest BCUT2D eigenvalue weighted by Crippen LogP contribution is 2.23. The summed E-state index contributed by atoms with van der Waals surface area (Å²) in [6.45, 7) is 10.1. The predicted octanol–water partition coefficient (Wildman–Crippen LogP) is 4.27. The van der Waals surface area contributed by atoms with E-state index in [-0.39, 0.29) is 0 Å². The van der Waals surface area contributed by atoms with E-state index in [1.54, 1.807) is 4.88 Å². The van der Waals surface area contributed by atoms with Crippen molar-refractivity contribution in [2.24, 2.45) is 5.92 Å². The molecule has 1 nitrogen and oxygen atoms in total. The van der Waals surface area contributed by atoms with Crippen molar-refractivity contribution in [3.8, 4) is 0 Å². The highest BCUT2D eigenvalue weighted by atomic mass is 32.1. The molecule has 2 heteroatoms. The van der Waals surface area contributed by atoms with Crippen molar-refractivity contribution in [1.82, 2.24) is 5.32 Å². The Bertz CT molecular complexity index is 302. The Balaban J connectivity index is 2.64. The molecular formula is C15H27NS. The van der Waals surface area contributed by atoms with Gasteiger partial charge in [-0.2, -0.15) is 0 Å². The van der Waals surface area contributed by atoms with Crippen LogP contribution in [0.4, 0.5) is 0 Å². The summed E-state index contributed by atoms with van der Waals surface area (Å²) >= 11 is 1.99. The molecule has 1 heterocycles. The van der Waals surface area contributed by atoms with E-state index in [2.05, 4.69) is 45.1 Å². The third-order valence-corrected chi connectivity index (χ3v) is 4.82. The number of thiophene rings is 1. The molecule has 0 bridgehead atoms. The Morgan fingerprint density at radius 3 is 2.18 bits per heavy atom. The largest absolute Gasteiger partial charge is 0.314 e. The number of likely N-dealkylation sites (N-methyl/N-ethyl adjacent to an activating group) is 1. The van der Waals surface area contributed by atoms with Gasteiger partial charge in [-0.15, -0.1) is 11.3 Å². The Hall–Kier alpha value is -0.340. The number of hydrogen-bond acceptors (Lipinski definition) is 2. The third-order valence-electron chi connectivity index (χ3n) is 3.57. The number of rotatable bonds is 8. The SMILES string of the molecule is CCNC(Cc1ccc(CC)s1)C(CC)CC. The van der Waals surface area contributed by atoms with Crippen molar-refractivity contribution in [2.45, 2.75) is 59.4 Å². The van der Waals surface area contributed by atoms with Crippen LogP contribution < -0.4 is 5.32 Å². The fourth-order valence-corrected chi connectivity index (χ4v) is 3.48. The second-order valence-electron chi connectivity index (χ2n) is 4.67. The molecule has 0 aliphatic rings. The van der Waals surface area contributed by atoms with Crippen LogP contribution >= 0.6 is 11.3 Å². The lowest BCUT2D eigenvalue weighted by atomic mass is 9.91. The lowest BCUT2D eigenvalue weighted by Crippen LogP contribution is -2.37. The molecule has 0 saturated heterocycles. The fourth-order valence-electron chi connectivity index (χ4n) is 2.46. The van der Waals surface area contributed by atoms with Crippen LogP contribution in [0.15, 0.2) is 12.1 Å². The van der Waals surface area contributed by atoms with Gasteiger partial charge in [-0.1, -0.05) is 40.5 Å². The molecule has 1 aromatic heterocycles. The van der Waals surface area contributed by atoms with Gasteiger partial charge in [0.1, 0.15) is 0 Å². The zero-order chi connectivity index (χ0) is 12.7. The van der Waals surface area contributed by atoms with Gasteiger partial charge in [-0.05, 0) is 37.4 Å². The first-order valence-electron chi connectivity index (χ1n) is 7.05. The summed E-state index contributed by atoms with van der Waals surface area (Å²) in [5, 5.41) is 3.67. The molecule has 0 saturated carbocycles. The van der Waals surface area contributed by atoms with E-state index < -0.39 is 0 Å². The van der Waals surface area contributed by atoms with Crippen LogP contribution in [0.3, 0.4) is 0 Å². The van der Waals surface area contributed by atoms with Crippen LogP contribution in [0.1, 0.15) is 50.3 Å². The molecular weight excluding hydrogens is 226 g/mol. The van der Waals surface area contributed by atoms with Gasteiger partial charge in [0.25, 0.3) is 0 Å². The van der Waals surface area contributed by atoms with E-state index in [1.807, 2.05) is 11.3 Å². The molecule has 1 N–H and O–H groups in total. The predicted molar refractivity (Wildman–Crippen MR) is 78.9 cm³/mol. The van der Waals surface area contributed by atoms with Gasteiger partial charge < -0.3 is 5.32 Å². The van der Waals surface area contributed by atoms with E-state index in [0.717, 1.165) is 12.5 Å². The van der Waals surface area contributed by atoms with E-state index >= 15 is 0 Å². The van der Waals surface area contributed by atoms with Gasteiger partial charge in [-0.3, -0.25) is 0 Å². The highest BCUT2D eigenvalue weighted by molar-refractivity contribution is 7.11. The lowest BCUT2D eigenvalue weighted by molar-refractivity contribution is 0.338. The minimum Gasteiger partial charge on any atom is -0.314 e. The molecule has 0 fully saturated rings. The minimum atomic E-state index is 0.651. The standard InChI is InChI=1S/C15H27NS/c1-5-12(6-2)15(16-8-4)11-14-10-9-13(7-3)17-14/h9-10,12,15-16H,5-8,11H2,1-4H3. The zero-order valence-corrected chi connectivity index (χ0v) is 12.6. The molecule has 0 aliphatic heterocycles. The quantitative estimate of drug-likeness (QED) is 0.729. The number of nitrogens with one attached hydrogen (secondary N) is 1. The fraction of sp³-hybridized carbons (Fsp3) is 0.733. The summed E-state index contributed by atoms with van der Waals surface area (Å²) in [5.74, 6) is 0.808. The smallest absolute Gasteiger partial charge is 0.0143 e. The maximum absolute atomic E-state index is 3.67. The molecule has 0 spiro atoms. The first kappa shape index (κ1) is 14.7. The number of hydrogen-bond donors (Lipinski definition) is 1. The molecule has 0 radical (unpaired) electrons. The molecule has 1 rings (SSSR count). The van der Waals surface area contributed by atoms with Crippen molar-refractivity contribution in [2.75, 3.05) is 6.54 Å². The van der Waals surface area contributed by atoms with E-state index in [4.69, 9.17) is 0 Å². The second kappa shape index (κ2) is 7.88. The molecule has 1 atom stereocenters. The third kappa shape index (κ3) is 4.44. The molecule has 98 valence electrons. The topological polar surface area (TPSA) is 12.0 Å². The van der Waals surface area contributed by atoms with Gasteiger partial charge in [0.2, 0.25) is 0 Å². The van der Waals surface area contributed by atoms with Crippen molar-refractivity contribution in [1.29, 1.82) is 0 Å². The van der Waals surface area contributed by atoms with Crippen LogP contribution in [0.2, 0.25) is 0 Å². The lowest BCUT2D eigenvalue weighted by Gasteiger charge is -2.25. The summed E-state index contributed by atoms with van der Waals surface area (Å²) in [4.78, 5) is 3.06. The van der Waals surface area contributed by atoms with Crippen LogP contribution in [-0.2, 0) is 12.8 Å². The maximum atomic E-state index is 3.67. The molecule has 17 heavy (non-hydrogen) atoms. The van der Waals surface area contributed by atoms with Gasteiger partial charge in [-0.25, -0.2) is 0 Å². The van der Waals surface area contributed by atoms with Gasteiger partial charge in [0.15, 0.2) is 0 Å². The molecule has 1 unspecified atom stereocenters. The van der Waals surface area contributed by atoms with Crippen LogP contribution in [0.25, 0.3) is 0 Å². The Morgan fingerprint density at radius 2 is 1.71 bits per heavy atom. The first-order valence-corrected chi connectivity index (χ1v) is 7.87. The van der Waals surface area contributed by atoms with Crippen LogP contribution in [-0.4, -0.2) is 12.6 Å². The summed E-state index contributed by atoms with van der Waals surface area (Å²) in [6.07, 6.45) is 4.92. The molecule has 1 aromatic rings. The molecule has 0 aromatic carbocycles. The van der Waals surface area contributed by atoms with E-state index in [1.165, 1.54) is 30.6 Å². The van der Waals surface area contributed by atoms with Crippen molar-refractivity contribution in [3.63, 3.8) is 0 Å². The minimum absolute atomic E-state index is 0.651. The maximum Gasteiger partial charge on any atom is 0.0143 e. The Labute approximate surface area is 111 Å². The van der Waals surface area contributed by atoms with Crippen molar-refractivity contribution >= 4 is 11.3 Å². The van der Waals surface area contributed by atoms with Gasteiger partial charge in [0, 0.05) is 15.8 Å². The summed E-state index contributed by atoms with van der Waals surface area (Å²) in [5.41, 5.74) is 0. The summed E-state index contributed by atoms with van der Waals surface area (Å²) in [7, 11) is 0. The summed E-state index contributed by atoms with van der Waals surface area (Å²) in [6, 6.07) is 5.25. The monoisotopic (exact) mass is 253 g/mol. The molecule has 0 amide bonds. The van der Waals surface area contributed by atoms with Crippen LogP contribution in [0, 0.1) is 5.92 Å². The van der Waals surface area contributed by atoms with E-state index in [9.17, 15) is 0 Å². The Morgan fingerprint density at radius 1 is 1.06 bits per heavy atom. The Kier molecular flexibility index (Phi) is 6.83. The van der Waals surface area contributed by atoms with Crippen molar-refractivity contribution < 1.29 is 0 Å². The second-order valence-corrected chi connectivity index (χ2v) is 5.92.